The van der Waals surface area contributed by atoms with Gasteiger partial charge in [0.05, 0.1) is 24.3 Å². The highest BCUT2D eigenvalue weighted by molar-refractivity contribution is 7.89. The number of imidazole rings is 1. The first-order chi connectivity index (χ1) is 13.3. The van der Waals surface area contributed by atoms with Gasteiger partial charge in [-0.2, -0.15) is 0 Å². The van der Waals surface area contributed by atoms with Crippen molar-refractivity contribution in [3.8, 4) is 0 Å². The Morgan fingerprint density at radius 1 is 1.32 bits per heavy atom. The molecule has 1 aliphatic heterocycles. The number of anilines is 1. The molecular weight excluding hydrogens is 388 g/mol. The Morgan fingerprint density at radius 3 is 2.71 bits per heavy atom. The van der Waals surface area contributed by atoms with E-state index in [2.05, 4.69) is 19.7 Å². The number of nitrogens with one attached hydrogen (secondary N) is 1. The first-order valence-corrected chi connectivity index (χ1v) is 10.6. The van der Waals surface area contributed by atoms with Crippen LogP contribution in [0.15, 0.2) is 12.7 Å². The summed E-state index contributed by atoms with van der Waals surface area (Å²) in [6.45, 7) is 3.81. The van der Waals surface area contributed by atoms with E-state index in [1.54, 1.807) is 18.0 Å². The topological polar surface area (TPSA) is 143 Å². The number of methoxy groups -OCH3 is 1. The van der Waals surface area contributed by atoms with E-state index in [1.165, 1.54) is 13.4 Å². The van der Waals surface area contributed by atoms with Crippen molar-refractivity contribution < 1.29 is 22.6 Å². The van der Waals surface area contributed by atoms with Crippen molar-refractivity contribution in [2.24, 2.45) is 0 Å². The van der Waals surface area contributed by atoms with Crippen molar-refractivity contribution in [3.05, 3.63) is 12.7 Å². The average molecular weight is 414 g/mol. The molecule has 28 heavy (non-hydrogen) atoms. The fraction of sp³-hybridized carbons (Fsp3) is 0.688. The van der Waals surface area contributed by atoms with Crippen LogP contribution in [-0.2, 0) is 24.2 Å². The molecule has 3 rings (SSSR count). The third-order valence-corrected chi connectivity index (χ3v) is 6.03. The number of rotatable bonds is 8. The largest absolute Gasteiger partial charge is 0.382 e. The minimum Gasteiger partial charge on any atom is -0.382 e. The van der Waals surface area contributed by atoms with Crippen LogP contribution in [0.5, 0.6) is 0 Å². The van der Waals surface area contributed by atoms with Gasteiger partial charge in [-0.25, -0.2) is 28.1 Å². The lowest BCUT2D eigenvalue weighted by Gasteiger charge is -2.25. The van der Waals surface area contributed by atoms with E-state index in [9.17, 15) is 8.42 Å². The second-order valence-corrected chi connectivity index (χ2v) is 8.86. The highest BCUT2D eigenvalue weighted by Gasteiger charge is 2.47. The number of nitrogens with two attached hydrogens (primary N) is 1. The second-order valence-electron chi connectivity index (χ2n) is 6.81. The van der Waals surface area contributed by atoms with Gasteiger partial charge in [0.15, 0.2) is 17.7 Å². The predicted molar refractivity (Wildman–Crippen MR) is 102 cm³/mol. The van der Waals surface area contributed by atoms with Crippen LogP contribution in [0.25, 0.3) is 11.2 Å². The molecule has 0 aliphatic carbocycles. The smallest absolute Gasteiger partial charge is 0.211 e. The van der Waals surface area contributed by atoms with Crippen LogP contribution in [-0.4, -0.2) is 72.3 Å². The number of hydrogen-bond donors (Lipinski definition) is 2. The lowest BCUT2D eigenvalue weighted by Crippen LogP contribution is -2.38. The molecule has 1 saturated heterocycles. The molecule has 0 spiro atoms. The molecule has 3 N–H and O–H groups in total. The first-order valence-electron chi connectivity index (χ1n) is 8.95. The zero-order valence-corrected chi connectivity index (χ0v) is 17.1. The van der Waals surface area contributed by atoms with Crippen LogP contribution in [0.1, 0.15) is 26.5 Å². The number of nitrogens with zero attached hydrogens (tertiary/aromatic N) is 4. The van der Waals surface area contributed by atoms with E-state index in [-0.39, 0.29) is 24.1 Å². The van der Waals surface area contributed by atoms with Crippen molar-refractivity contribution in [3.63, 3.8) is 0 Å². The van der Waals surface area contributed by atoms with Crippen LogP contribution < -0.4 is 10.5 Å². The zero-order chi connectivity index (χ0) is 20.5. The number of hydrogen-bond acceptors (Lipinski definition) is 9. The van der Waals surface area contributed by atoms with E-state index < -0.39 is 34.6 Å². The fourth-order valence-corrected chi connectivity index (χ4v) is 4.07. The summed E-state index contributed by atoms with van der Waals surface area (Å²) in [7, 11) is -0.431. The minimum absolute atomic E-state index is 0.0882. The molecule has 3 heterocycles. The third-order valence-electron chi connectivity index (χ3n) is 4.63. The van der Waals surface area contributed by atoms with Crippen molar-refractivity contribution in [2.45, 2.75) is 50.9 Å². The van der Waals surface area contributed by atoms with E-state index in [1.807, 2.05) is 13.8 Å². The van der Waals surface area contributed by atoms with Gasteiger partial charge >= 0.3 is 0 Å². The average Bonchev–Trinajstić information content (AvgIpc) is 3.21. The molecule has 11 nitrogen and oxygen atoms in total. The Kier molecular flexibility index (Phi) is 6.15. The molecular formula is C16H26N6O5S. The van der Waals surface area contributed by atoms with Crippen molar-refractivity contribution in [2.75, 3.05) is 25.6 Å². The molecule has 12 heteroatoms. The summed E-state index contributed by atoms with van der Waals surface area (Å²) >= 11 is 0. The summed E-state index contributed by atoms with van der Waals surface area (Å²) in [5, 5.41) is 0. The Bertz CT molecular complexity index is 917. The van der Waals surface area contributed by atoms with Gasteiger partial charge in [-0.05, 0) is 27.3 Å². The Hall–Kier alpha value is -1.86. The third kappa shape index (κ3) is 4.10. The molecule has 0 radical (unpaired) electrons. The quantitative estimate of drug-likeness (QED) is 0.612. The first kappa shape index (κ1) is 20.9. The van der Waals surface area contributed by atoms with Gasteiger partial charge in [-0.3, -0.25) is 4.57 Å². The highest BCUT2D eigenvalue weighted by Crippen LogP contribution is 2.37. The highest BCUT2D eigenvalue weighted by atomic mass is 32.2. The summed E-state index contributed by atoms with van der Waals surface area (Å²) in [5.74, 6) is 0.178. The lowest BCUT2D eigenvalue weighted by molar-refractivity contribution is -0.0785. The van der Waals surface area contributed by atoms with Gasteiger partial charge in [0.25, 0.3) is 0 Å². The molecule has 0 unspecified atom stereocenters. The molecule has 0 aromatic carbocycles. The van der Waals surface area contributed by atoms with Gasteiger partial charge in [-0.15, -0.1) is 0 Å². The fourth-order valence-electron chi connectivity index (χ4n) is 3.32. The van der Waals surface area contributed by atoms with Gasteiger partial charge < -0.3 is 19.9 Å². The summed E-state index contributed by atoms with van der Waals surface area (Å²) in [6, 6.07) is 0. The molecule has 4 atom stereocenters. The van der Waals surface area contributed by atoms with Crippen molar-refractivity contribution in [1.82, 2.24) is 24.2 Å². The van der Waals surface area contributed by atoms with Crippen molar-refractivity contribution >= 4 is 27.0 Å². The predicted octanol–water partition coefficient (Wildman–Crippen LogP) is 0.0538. The summed E-state index contributed by atoms with van der Waals surface area (Å²) in [5.41, 5.74) is 6.84. The molecule has 0 saturated carbocycles. The van der Waals surface area contributed by atoms with Crippen molar-refractivity contribution in [1.29, 1.82) is 0 Å². The minimum atomic E-state index is -3.38. The van der Waals surface area contributed by atoms with E-state index in [0.29, 0.717) is 11.2 Å². The number of fused-ring (bicyclic) bond motifs is 1. The zero-order valence-electron chi connectivity index (χ0n) is 16.3. The summed E-state index contributed by atoms with van der Waals surface area (Å²) in [4.78, 5) is 12.5. The van der Waals surface area contributed by atoms with Gasteiger partial charge in [0, 0.05) is 7.11 Å². The van der Waals surface area contributed by atoms with Gasteiger partial charge in [0.2, 0.25) is 10.0 Å². The van der Waals surface area contributed by atoms with Crippen LogP contribution in [0.3, 0.4) is 0 Å². The summed E-state index contributed by atoms with van der Waals surface area (Å²) < 4.78 is 45.7. The van der Waals surface area contributed by atoms with Crippen LogP contribution in [0.2, 0.25) is 0 Å². The molecule has 2 aromatic rings. The Morgan fingerprint density at radius 2 is 2.07 bits per heavy atom. The molecule has 2 aromatic heterocycles. The number of ether oxygens (including phenoxy) is 3. The maximum absolute atomic E-state index is 11.9. The SMILES string of the molecule is CNS(=O)(=O)CC[C@H]1O[C@@H](n2cnc3c(N)ncnc32)[C@H](OC)[C@@H]1OC(C)C. The molecule has 156 valence electrons. The molecule has 0 amide bonds. The second kappa shape index (κ2) is 8.25. The Labute approximate surface area is 163 Å². The van der Waals surface area contributed by atoms with Gasteiger partial charge in [-0.1, -0.05) is 0 Å². The molecule has 1 aliphatic rings. The van der Waals surface area contributed by atoms with E-state index in [4.69, 9.17) is 19.9 Å². The standard InChI is InChI=1S/C16H26N6O5S/c1-9(2)26-12-10(5-6-28(23,24)18-3)27-16(13(12)25-4)22-8-21-11-14(17)19-7-20-15(11)22/h7-10,12-13,16,18H,5-6H2,1-4H3,(H2,17,19,20)/t10-,12-,13-,16-/m1/s1. The normalized spacial score (nSPS) is 25.8. The van der Waals surface area contributed by atoms with Crippen LogP contribution >= 0.6 is 0 Å². The van der Waals surface area contributed by atoms with Gasteiger partial charge in [0.1, 0.15) is 24.1 Å². The summed E-state index contributed by atoms with van der Waals surface area (Å²) in [6.07, 6.45) is 1.04. The van der Waals surface area contributed by atoms with Crippen LogP contribution in [0.4, 0.5) is 5.82 Å². The number of nitrogen functional groups attached to an aromatic ring is 1. The monoisotopic (exact) mass is 414 g/mol. The maximum atomic E-state index is 11.9. The van der Waals surface area contributed by atoms with E-state index in [0.717, 1.165) is 0 Å². The van der Waals surface area contributed by atoms with E-state index >= 15 is 0 Å². The van der Waals surface area contributed by atoms with Crippen LogP contribution in [0, 0.1) is 0 Å². The molecule has 1 fully saturated rings. The Balaban J connectivity index is 1.93. The number of aromatic nitrogens is 4. The molecule has 0 bridgehead atoms. The maximum Gasteiger partial charge on any atom is 0.211 e. The number of sulfonamides is 1. The lowest BCUT2D eigenvalue weighted by atomic mass is 10.1.